The number of nitrogens with zero attached hydrogens (tertiary/aromatic N) is 2. The van der Waals surface area contributed by atoms with Gasteiger partial charge in [0.05, 0.1) is 22.3 Å². The van der Waals surface area contributed by atoms with E-state index in [0.717, 1.165) is 11.1 Å². The standard InChI is InChI=1S/C24H19BrN4O3/c1-16(30)28-21-8-4-7-18(12-21)24(31)29-27-14-17-9-10-23(22(25)11-17)32-15-20-6-3-2-5-19(20)13-26/h2-12,14H,15H2,1H3,(H,28,30)(H,29,31). The maximum absolute atomic E-state index is 12.3. The molecule has 160 valence electrons. The zero-order valence-electron chi connectivity index (χ0n) is 17.1. The first kappa shape index (κ1) is 22.7. The lowest BCUT2D eigenvalue weighted by molar-refractivity contribution is -0.114. The molecule has 0 heterocycles. The fraction of sp³-hybridized carbons (Fsp3) is 0.0833. The Morgan fingerprint density at radius 3 is 2.69 bits per heavy atom. The second kappa shape index (κ2) is 10.9. The quantitative estimate of drug-likeness (QED) is 0.372. The highest BCUT2D eigenvalue weighted by Crippen LogP contribution is 2.26. The minimum atomic E-state index is -0.399. The molecule has 3 aromatic carbocycles. The zero-order valence-corrected chi connectivity index (χ0v) is 18.7. The smallest absolute Gasteiger partial charge is 0.271 e. The zero-order chi connectivity index (χ0) is 22.9. The molecule has 0 aliphatic carbocycles. The number of hydrazone groups is 1. The molecule has 0 saturated heterocycles. The number of carbonyl (C=O) groups excluding carboxylic acids is 2. The normalized spacial score (nSPS) is 10.4. The lowest BCUT2D eigenvalue weighted by Gasteiger charge is -2.10. The van der Waals surface area contributed by atoms with Crippen LogP contribution in [0, 0.1) is 11.3 Å². The van der Waals surface area contributed by atoms with Crippen molar-refractivity contribution in [2.45, 2.75) is 13.5 Å². The van der Waals surface area contributed by atoms with Crippen molar-refractivity contribution in [3.05, 3.63) is 93.5 Å². The summed E-state index contributed by atoms with van der Waals surface area (Å²) in [6, 6.07) is 21.4. The van der Waals surface area contributed by atoms with E-state index in [1.807, 2.05) is 18.2 Å². The van der Waals surface area contributed by atoms with E-state index in [9.17, 15) is 14.9 Å². The second-order valence-corrected chi connectivity index (χ2v) is 7.56. The molecule has 2 amide bonds. The van der Waals surface area contributed by atoms with Crippen molar-refractivity contribution in [2.75, 3.05) is 5.32 Å². The Labute approximate surface area is 193 Å². The van der Waals surface area contributed by atoms with Gasteiger partial charge >= 0.3 is 0 Å². The lowest BCUT2D eigenvalue weighted by atomic mass is 10.1. The van der Waals surface area contributed by atoms with Crippen LogP contribution in [0.1, 0.15) is 34.0 Å². The number of hydrogen-bond donors (Lipinski definition) is 2. The molecule has 7 nitrogen and oxygen atoms in total. The number of benzene rings is 3. The van der Waals surface area contributed by atoms with Crippen molar-refractivity contribution in [1.29, 1.82) is 5.26 Å². The number of rotatable bonds is 7. The van der Waals surface area contributed by atoms with Crippen LogP contribution in [0.25, 0.3) is 0 Å². The molecule has 0 fully saturated rings. The summed E-state index contributed by atoms with van der Waals surface area (Å²) in [5.74, 6) is 0.00481. The predicted octanol–water partition coefficient (Wildman–Crippen LogP) is 4.62. The highest BCUT2D eigenvalue weighted by atomic mass is 79.9. The van der Waals surface area contributed by atoms with Crippen molar-refractivity contribution in [2.24, 2.45) is 5.10 Å². The maximum Gasteiger partial charge on any atom is 0.271 e. The van der Waals surface area contributed by atoms with Crippen LogP contribution >= 0.6 is 15.9 Å². The molecular weight excluding hydrogens is 472 g/mol. The highest BCUT2D eigenvalue weighted by Gasteiger charge is 2.07. The van der Waals surface area contributed by atoms with Gasteiger partial charge in [-0.25, -0.2) is 5.43 Å². The Morgan fingerprint density at radius 2 is 1.94 bits per heavy atom. The number of nitriles is 1. The van der Waals surface area contributed by atoms with Crippen LogP contribution in [0.4, 0.5) is 5.69 Å². The molecule has 0 spiro atoms. The fourth-order valence-corrected chi connectivity index (χ4v) is 3.31. The summed E-state index contributed by atoms with van der Waals surface area (Å²) in [6.45, 7) is 1.67. The monoisotopic (exact) mass is 490 g/mol. The van der Waals surface area contributed by atoms with Gasteiger partial charge in [-0.15, -0.1) is 0 Å². The van der Waals surface area contributed by atoms with Gasteiger partial charge in [0.25, 0.3) is 5.91 Å². The molecule has 0 aliphatic rings. The van der Waals surface area contributed by atoms with Crippen molar-refractivity contribution < 1.29 is 14.3 Å². The van der Waals surface area contributed by atoms with Gasteiger partial charge in [-0.3, -0.25) is 9.59 Å². The number of halogens is 1. The fourth-order valence-electron chi connectivity index (χ4n) is 2.80. The third-order valence-electron chi connectivity index (χ3n) is 4.30. The van der Waals surface area contributed by atoms with Gasteiger partial charge < -0.3 is 10.1 Å². The Bertz CT molecular complexity index is 1220. The van der Waals surface area contributed by atoms with E-state index >= 15 is 0 Å². The van der Waals surface area contributed by atoms with E-state index in [0.29, 0.717) is 27.0 Å². The maximum atomic E-state index is 12.3. The van der Waals surface area contributed by atoms with Crippen LogP contribution < -0.4 is 15.5 Å². The third kappa shape index (κ3) is 6.27. The molecular formula is C24H19BrN4O3. The Hall–Kier alpha value is -3.96. The molecule has 0 atom stereocenters. The Kier molecular flexibility index (Phi) is 7.73. The molecule has 3 aromatic rings. The van der Waals surface area contributed by atoms with Crippen molar-refractivity contribution in [3.63, 3.8) is 0 Å². The second-order valence-electron chi connectivity index (χ2n) is 6.71. The van der Waals surface area contributed by atoms with E-state index in [1.165, 1.54) is 13.1 Å². The van der Waals surface area contributed by atoms with Crippen LogP contribution in [0.5, 0.6) is 5.75 Å². The molecule has 0 unspecified atom stereocenters. The van der Waals surface area contributed by atoms with Gasteiger partial charge in [0.15, 0.2) is 0 Å². The van der Waals surface area contributed by atoms with Crippen LogP contribution in [-0.4, -0.2) is 18.0 Å². The minimum Gasteiger partial charge on any atom is -0.488 e. The average molecular weight is 491 g/mol. The van der Waals surface area contributed by atoms with Crippen LogP contribution in [-0.2, 0) is 11.4 Å². The van der Waals surface area contributed by atoms with Crippen LogP contribution in [0.3, 0.4) is 0 Å². The van der Waals surface area contributed by atoms with Crippen molar-refractivity contribution >= 4 is 39.6 Å². The van der Waals surface area contributed by atoms with E-state index in [2.05, 4.69) is 37.8 Å². The number of hydrogen-bond acceptors (Lipinski definition) is 5. The van der Waals surface area contributed by atoms with E-state index in [-0.39, 0.29) is 12.5 Å². The number of anilines is 1. The molecule has 3 rings (SSSR count). The molecule has 0 radical (unpaired) electrons. The topological polar surface area (TPSA) is 104 Å². The summed E-state index contributed by atoms with van der Waals surface area (Å²) in [5.41, 5.74) is 5.49. The first-order valence-electron chi connectivity index (χ1n) is 9.57. The summed E-state index contributed by atoms with van der Waals surface area (Å²) in [4.78, 5) is 23.4. The number of carbonyl (C=O) groups is 2. The van der Waals surface area contributed by atoms with Gasteiger partial charge in [-0.05, 0) is 64.0 Å². The van der Waals surface area contributed by atoms with E-state index < -0.39 is 5.91 Å². The largest absolute Gasteiger partial charge is 0.488 e. The molecule has 0 aliphatic heterocycles. The molecule has 8 heteroatoms. The van der Waals surface area contributed by atoms with E-state index in [1.54, 1.807) is 48.5 Å². The number of amides is 2. The summed E-state index contributed by atoms with van der Waals surface area (Å²) < 4.78 is 6.53. The lowest BCUT2D eigenvalue weighted by Crippen LogP contribution is -2.18. The molecule has 0 bridgehead atoms. The van der Waals surface area contributed by atoms with Gasteiger partial charge in [-0.1, -0.05) is 24.3 Å². The van der Waals surface area contributed by atoms with Gasteiger partial charge in [0.1, 0.15) is 12.4 Å². The molecule has 32 heavy (non-hydrogen) atoms. The van der Waals surface area contributed by atoms with Crippen molar-refractivity contribution in [3.8, 4) is 11.8 Å². The van der Waals surface area contributed by atoms with E-state index in [4.69, 9.17) is 4.74 Å². The third-order valence-corrected chi connectivity index (χ3v) is 4.92. The minimum absolute atomic E-state index is 0.215. The van der Waals surface area contributed by atoms with Crippen LogP contribution in [0.15, 0.2) is 76.3 Å². The van der Waals surface area contributed by atoms with Gasteiger partial charge in [-0.2, -0.15) is 10.4 Å². The summed E-state index contributed by atoms with van der Waals surface area (Å²) in [5, 5.41) is 15.8. The first-order valence-corrected chi connectivity index (χ1v) is 10.4. The molecule has 2 N–H and O–H groups in total. The number of nitrogens with one attached hydrogen (secondary N) is 2. The van der Waals surface area contributed by atoms with Crippen LogP contribution in [0.2, 0.25) is 0 Å². The highest BCUT2D eigenvalue weighted by molar-refractivity contribution is 9.10. The summed E-state index contributed by atoms with van der Waals surface area (Å²) in [7, 11) is 0. The Balaban J connectivity index is 1.60. The SMILES string of the molecule is CC(=O)Nc1cccc(C(=O)NN=Cc2ccc(OCc3ccccc3C#N)c(Br)c2)c1. The predicted molar refractivity (Wildman–Crippen MR) is 125 cm³/mol. The summed E-state index contributed by atoms with van der Waals surface area (Å²) in [6.07, 6.45) is 1.51. The Morgan fingerprint density at radius 1 is 1.12 bits per heavy atom. The van der Waals surface area contributed by atoms with Crippen molar-refractivity contribution in [1.82, 2.24) is 5.43 Å². The number of ether oxygens (including phenoxy) is 1. The molecule has 0 saturated carbocycles. The molecule has 0 aromatic heterocycles. The summed E-state index contributed by atoms with van der Waals surface area (Å²) >= 11 is 3.47. The van der Waals surface area contributed by atoms with Gasteiger partial charge in [0, 0.05) is 23.7 Å². The first-order chi connectivity index (χ1) is 15.5. The average Bonchev–Trinajstić information content (AvgIpc) is 2.78. The van der Waals surface area contributed by atoms with Gasteiger partial charge in [0.2, 0.25) is 5.91 Å².